The molecule has 0 bridgehead atoms. The van der Waals surface area contributed by atoms with E-state index >= 15 is 0 Å². The SMILES string of the molecule is CC(=CNCc1ccccc1)C(=O)c1ccc(C)cc1. The Kier molecular flexibility index (Phi) is 4.72. The summed E-state index contributed by atoms with van der Waals surface area (Å²) < 4.78 is 0. The topological polar surface area (TPSA) is 29.1 Å². The minimum atomic E-state index is 0.0607. The van der Waals surface area contributed by atoms with E-state index in [1.165, 1.54) is 5.56 Å². The number of hydrogen-bond acceptors (Lipinski definition) is 2. The zero-order valence-corrected chi connectivity index (χ0v) is 11.9. The van der Waals surface area contributed by atoms with E-state index in [9.17, 15) is 4.79 Å². The molecule has 0 aliphatic rings. The number of hydrogen-bond donors (Lipinski definition) is 1. The monoisotopic (exact) mass is 265 g/mol. The van der Waals surface area contributed by atoms with Gasteiger partial charge >= 0.3 is 0 Å². The summed E-state index contributed by atoms with van der Waals surface area (Å²) in [6, 6.07) is 17.8. The molecule has 102 valence electrons. The molecule has 0 aliphatic heterocycles. The Morgan fingerprint density at radius 3 is 2.35 bits per heavy atom. The first-order valence-corrected chi connectivity index (χ1v) is 6.72. The molecule has 0 heterocycles. The van der Waals surface area contributed by atoms with E-state index in [-0.39, 0.29) is 5.78 Å². The van der Waals surface area contributed by atoms with Gasteiger partial charge in [-0.1, -0.05) is 60.2 Å². The maximum atomic E-state index is 12.2. The molecule has 0 unspecified atom stereocenters. The largest absolute Gasteiger partial charge is 0.386 e. The van der Waals surface area contributed by atoms with Crippen LogP contribution in [0.5, 0.6) is 0 Å². The molecule has 2 rings (SSSR count). The number of carbonyl (C=O) groups is 1. The smallest absolute Gasteiger partial charge is 0.190 e. The van der Waals surface area contributed by atoms with Crippen molar-refractivity contribution in [3.63, 3.8) is 0 Å². The van der Waals surface area contributed by atoms with Gasteiger partial charge in [0.2, 0.25) is 0 Å². The van der Waals surface area contributed by atoms with E-state index in [1.54, 1.807) is 6.20 Å². The van der Waals surface area contributed by atoms with Gasteiger partial charge in [0, 0.05) is 23.9 Å². The second kappa shape index (κ2) is 6.71. The van der Waals surface area contributed by atoms with Gasteiger partial charge in [-0.3, -0.25) is 4.79 Å². The van der Waals surface area contributed by atoms with Crippen LogP contribution in [0.25, 0.3) is 0 Å². The Bertz CT molecular complexity index is 597. The first-order chi connectivity index (χ1) is 9.66. The first-order valence-electron chi connectivity index (χ1n) is 6.72. The third-order valence-corrected chi connectivity index (χ3v) is 3.14. The summed E-state index contributed by atoms with van der Waals surface area (Å²) in [7, 11) is 0. The highest BCUT2D eigenvalue weighted by atomic mass is 16.1. The summed E-state index contributed by atoms with van der Waals surface area (Å²) in [4.78, 5) is 12.2. The molecule has 0 saturated carbocycles. The number of benzene rings is 2. The fourth-order valence-electron chi connectivity index (χ4n) is 1.92. The first kappa shape index (κ1) is 14.1. The molecule has 0 amide bonds. The van der Waals surface area contributed by atoms with E-state index in [0.717, 1.165) is 17.7 Å². The van der Waals surface area contributed by atoms with E-state index in [2.05, 4.69) is 17.4 Å². The van der Waals surface area contributed by atoms with Crippen LogP contribution >= 0.6 is 0 Å². The number of nitrogens with one attached hydrogen (secondary N) is 1. The van der Waals surface area contributed by atoms with Gasteiger partial charge in [-0.15, -0.1) is 0 Å². The lowest BCUT2D eigenvalue weighted by Gasteiger charge is -2.04. The molecular formula is C18H19NO. The molecule has 1 N–H and O–H groups in total. The molecule has 20 heavy (non-hydrogen) atoms. The summed E-state index contributed by atoms with van der Waals surface area (Å²) in [6.45, 7) is 4.57. The van der Waals surface area contributed by atoms with Gasteiger partial charge in [0.25, 0.3) is 0 Å². The summed E-state index contributed by atoms with van der Waals surface area (Å²) in [5.74, 6) is 0.0607. The molecule has 0 aliphatic carbocycles. The Morgan fingerprint density at radius 1 is 1.05 bits per heavy atom. The molecule has 2 nitrogen and oxygen atoms in total. The Hall–Kier alpha value is -2.35. The van der Waals surface area contributed by atoms with Gasteiger partial charge < -0.3 is 5.32 Å². The third-order valence-electron chi connectivity index (χ3n) is 3.14. The van der Waals surface area contributed by atoms with Gasteiger partial charge in [0.05, 0.1) is 0 Å². The van der Waals surface area contributed by atoms with Gasteiger partial charge in [-0.2, -0.15) is 0 Å². The van der Waals surface area contributed by atoms with Gasteiger partial charge in [0.1, 0.15) is 0 Å². The number of ketones is 1. The lowest BCUT2D eigenvalue weighted by Crippen LogP contribution is -2.09. The third kappa shape index (κ3) is 3.82. The molecule has 0 saturated heterocycles. The fraction of sp³-hybridized carbons (Fsp3) is 0.167. The van der Waals surface area contributed by atoms with Crippen molar-refractivity contribution in [3.8, 4) is 0 Å². The summed E-state index contributed by atoms with van der Waals surface area (Å²) in [5, 5.41) is 3.18. The van der Waals surface area contributed by atoms with Crippen molar-refractivity contribution < 1.29 is 4.79 Å². The quantitative estimate of drug-likeness (QED) is 0.656. The van der Waals surface area contributed by atoms with Crippen molar-refractivity contribution in [2.24, 2.45) is 0 Å². The molecule has 2 heteroatoms. The van der Waals surface area contributed by atoms with E-state index in [0.29, 0.717) is 5.57 Å². The average Bonchev–Trinajstić information content (AvgIpc) is 2.48. The van der Waals surface area contributed by atoms with Crippen LogP contribution in [-0.4, -0.2) is 5.78 Å². The lowest BCUT2D eigenvalue weighted by atomic mass is 10.0. The number of allylic oxidation sites excluding steroid dienone is 1. The Labute approximate surface area is 120 Å². The van der Waals surface area contributed by atoms with E-state index in [4.69, 9.17) is 0 Å². The van der Waals surface area contributed by atoms with Crippen molar-refractivity contribution >= 4 is 5.78 Å². The molecule has 0 radical (unpaired) electrons. The second-order valence-corrected chi connectivity index (χ2v) is 4.89. The maximum Gasteiger partial charge on any atom is 0.190 e. The van der Waals surface area contributed by atoms with E-state index < -0.39 is 0 Å². The number of rotatable bonds is 5. The van der Waals surface area contributed by atoms with Crippen molar-refractivity contribution in [2.45, 2.75) is 20.4 Å². The maximum absolute atomic E-state index is 12.2. The van der Waals surface area contributed by atoms with Gasteiger partial charge in [-0.05, 0) is 19.4 Å². The normalized spacial score (nSPS) is 11.2. The van der Waals surface area contributed by atoms with Crippen LogP contribution < -0.4 is 5.32 Å². The summed E-state index contributed by atoms with van der Waals surface area (Å²) >= 11 is 0. The zero-order chi connectivity index (χ0) is 14.4. The molecule has 0 aromatic heterocycles. The van der Waals surface area contributed by atoms with Crippen LogP contribution in [0, 0.1) is 6.92 Å². The lowest BCUT2D eigenvalue weighted by molar-refractivity contribution is 0.103. The van der Waals surface area contributed by atoms with Gasteiger partial charge in [0.15, 0.2) is 5.78 Å². The molecule has 0 spiro atoms. The predicted octanol–water partition coefficient (Wildman–Crippen LogP) is 3.87. The summed E-state index contributed by atoms with van der Waals surface area (Å²) in [6.07, 6.45) is 1.79. The highest BCUT2D eigenvalue weighted by Crippen LogP contribution is 2.09. The van der Waals surface area contributed by atoms with Crippen LogP contribution in [-0.2, 0) is 6.54 Å². The van der Waals surface area contributed by atoms with Crippen LogP contribution in [0.2, 0.25) is 0 Å². The van der Waals surface area contributed by atoms with Crippen LogP contribution in [0.4, 0.5) is 0 Å². The summed E-state index contributed by atoms with van der Waals surface area (Å²) in [5.41, 5.74) is 3.79. The average molecular weight is 265 g/mol. The van der Waals surface area contributed by atoms with Crippen LogP contribution in [0.15, 0.2) is 66.4 Å². The Balaban J connectivity index is 1.96. The van der Waals surface area contributed by atoms with Crippen molar-refractivity contribution in [2.75, 3.05) is 0 Å². The van der Waals surface area contributed by atoms with Crippen molar-refractivity contribution in [1.29, 1.82) is 0 Å². The predicted molar refractivity (Wildman–Crippen MR) is 82.5 cm³/mol. The highest BCUT2D eigenvalue weighted by Gasteiger charge is 2.07. The molecule has 0 atom stereocenters. The van der Waals surface area contributed by atoms with Crippen LogP contribution in [0.1, 0.15) is 28.4 Å². The Morgan fingerprint density at radius 2 is 1.70 bits per heavy atom. The standard InChI is InChI=1S/C18H19NO/c1-14-8-10-17(11-9-14)18(20)15(2)12-19-13-16-6-4-3-5-7-16/h3-12,19H,13H2,1-2H3. The highest BCUT2D eigenvalue weighted by molar-refractivity contribution is 6.08. The number of carbonyl (C=O) groups excluding carboxylic acids is 1. The number of Topliss-reactive ketones (excluding diaryl/α,β-unsaturated/α-hetero) is 1. The zero-order valence-electron chi connectivity index (χ0n) is 11.9. The minimum Gasteiger partial charge on any atom is -0.386 e. The molecule has 2 aromatic rings. The number of aryl methyl sites for hydroxylation is 1. The van der Waals surface area contributed by atoms with E-state index in [1.807, 2.05) is 56.3 Å². The van der Waals surface area contributed by atoms with Crippen LogP contribution in [0.3, 0.4) is 0 Å². The molecule has 2 aromatic carbocycles. The van der Waals surface area contributed by atoms with Crippen molar-refractivity contribution in [1.82, 2.24) is 5.32 Å². The van der Waals surface area contributed by atoms with Gasteiger partial charge in [-0.25, -0.2) is 0 Å². The minimum absolute atomic E-state index is 0.0607. The van der Waals surface area contributed by atoms with Crippen molar-refractivity contribution in [3.05, 3.63) is 83.1 Å². The second-order valence-electron chi connectivity index (χ2n) is 4.89. The molecule has 0 fully saturated rings. The molecular weight excluding hydrogens is 246 g/mol. The fourth-order valence-corrected chi connectivity index (χ4v) is 1.92.